The summed E-state index contributed by atoms with van der Waals surface area (Å²) in [5.74, 6) is 1.42. The number of aryl methyl sites for hydroxylation is 1. The van der Waals surface area contributed by atoms with Gasteiger partial charge in [-0.3, -0.25) is 0 Å². The summed E-state index contributed by atoms with van der Waals surface area (Å²) in [4.78, 5) is 1.21. The molecule has 0 aliphatic carbocycles. The Kier molecular flexibility index (Phi) is 3.69. The summed E-state index contributed by atoms with van der Waals surface area (Å²) in [6, 6.07) is 9.53. The van der Waals surface area contributed by atoms with E-state index in [-0.39, 0.29) is 0 Å². The zero-order valence-corrected chi connectivity index (χ0v) is 9.85. The molecule has 2 aromatic rings. The Bertz CT molecular complexity index is 392. The van der Waals surface area contributed by atoms with Crippen molar-refractivity contribution in [3.63, 3.8) is 0 Å². The second kappa shape index (κ2) is 5.24. The van der Waals surface area contributed by atoms with Gasteiger partial charge in [-0.1, -0.05) is 0 Å². The lowest BCUT2D eigenvalue weighted by Crippen LogP contribution is -1.84. The Morgan fingerprint density at radius 3 is 2.60 bits per heavy atom. The number of aromatic hydroxyl groups is 1. The zero-order chi connectivity index (χ0) is 10.5. The summed E-state index contributed by atoms with van der Waals surface area (Å²) in [5, 5.41) is 13.4. The van der Waals surface area contributed by atoms with E-state index in [1.165, 1.54) is 10.5 Å². The molecule has 2 rings (SSSR count). The minimum atomic E-state index is 0.331. The smallest absolute Gasteiger partial charge is 0.115 e. The van der Waals surface area contributed by atoms with Crippen LogP contribution in [-0.2, 0) is 6.42 Å². The molecule has 1 heterocycles. The van der Waals surface area contributed by atoms with Gasteiger partial charge in [0, 0.05) is 10.6 Å². The van der Waals surface area contributed by atoms with Crippen molar-refractivity contribution in [2.75, 3.05) is 5.75 Å². The third kappa shape index (κ3) is 3.29. The number of thiophene rings is 1. The van der Waals surface area contributed by atoms with Crippen LogP contribution in [-0.4, -0.2) is 10.9 Å². The second-order valence-corrected chi connectivity index (χ2v) is 5.17. The normalized spacial score (nSPS) is 10.4. The number of hydrogen-bond acceptors (Lipinski definition) is 3. The minimum absolute atomic E-state index is 0.331. The average Bonchev–Trinajstić information content (AvgIpc) is 2.74. The van der Waals surface area contributed by atoms with E-state index in [9.17, 15) is 0 Å². The number of rotatable bonds is 4. The fraction of sp³-hybridized carbons (Fsp3) is 0.167. The monoisotopic (exact) mass is 236 g/mol. The molecule has 78 valence electrons. The van der Waals surface area contributed by atoms with Crippen LogP contribution in [0.25, 0.3) is 0 Å². The van der Waals surface area contributed by atoms with E-state index in [4.69, 9.17) is 5.11 Å². The molecule has 0 fully saturated rings. The third-order valence-electron chi connectivity index (χ3n) is 2.08. The van der Waals surface area contributed by atoms with Crippen molar-refractivity contribution in [3.05, 3.63) is 46.7 Å². The van der Waals surface area contributed by atoms with Crippen LogP contribution in [0, 0.1) is 0 Å². The molecular formula is C12H12OS2. The minimum Gasteiger partial charge on any atom is -0.508 e. The molecule has 0 saturated carbocycles. The van der Waals surface area contributed by atoms with Crippen molar-refractivity contribution < 1.29 is 5.11 Å². The topological polar surface area (TPSA) is 20.2 Å². The van der Waals surface area contributed by atoms with Crippen molar-refractivity contribution in [1.82, 2.24) is 0 Å². The van der Waals surface area contributed by atoms with Crippen LogP contribution in [0.5, 0.6) is 5.75 Å². The van der Waals surface area contributed by atoms with Gasteiger partial charge in [0.2, 0.25) is 0 Å². The Morgan fingerprint density at radius 1 is 1.13 bits per heavy atom. The van der Waals surface area contributed by atoms with Gasteiger partial charge < -0.3 is 5.11 Å². The van der Waals surface area contributed by atoms with Crippen molar-refractivity contribution in [2.24, 2.45) is 0 Å². The van der Waals surface area contributed by atoms with E-state index < -0.39 is 0 Å². The SMILES string of the molecule is Oc1ccc(SCCc2ccsc2)cc1. The highest BCUT2D eigenvalue weighted by Gasteiger charge is 1.96. The number of benzene rings is 1. The van der Waals surface area contributed by atoms with Crippen LogP contribution in [0.15, 0.2) is 46.0 Å². The van der Waals surface area contributed by atoms with E-state index in [1.807, 2.05) is 23.9 Å². The predicted molar refractivity (Wildman–Crippen MR) is 66.9 cm³/mol. The largest absolute Gasteiger partial charge is 0.508 e. The molecule has 0 unspecified atom stereocenters. The summed E-state index contributed by atoms with van der Waals surface area (Å²) in [7, 11) is 0. The van der Waals surface area contributed by atoms with E-state index in [2.05, 4.69) is 16.8 Å². The average molecular weight is 236 g/mol. The second-order valence-electron chi connectivity index (χ2n) is 3.22. The molecule has 15 heavy (non-hydrogen) atoms. The molecule has 1 aromatic heterocycles. The Hall–Kier alpha value is -0.930. The first-order chi connectivity index (χ1) is 7.34. The molecule has 1 aromatic carbocycles. The van der Waals surface area contributed by atoms with Crippen LogP contribution in [0.1, 0.15) is 5.56 Å². The van der Waals surface area contributed by atoms with Gasteiger partial charge in [0.15, 0.2) is 0 Å². The number of phenols is 1. The Balaban J connectivity index is 1.81. The lowest BCUT2D eigenvalue weighted by atomic mass is 10.3. The molecule has 1 N–H and O–H groups in total. The molecule has 0 spiro atoms. The molecule has 0 bridgehead atoms. The summed E-state index contributed by atoms with van der Waals surface area (Å²) in [6.45, 7) is 0. The van der Waals surface area contributed by atoms with Crippen LogP contribution < -0.4 is 0 Å². The first-order valence-corrected chi connectivity index (χ1v) is 6.70. The maximum absolute atomic E-state index is 9.12. The Morgan fingerprint density at radius 2 is 1.93 bits per heavy atom. The molecule has 0 amide bonds. The van der Waals surface area contributed by atoms with Crippen molar-refractivity contribution >= 4 is 23.1 Å². The maximum Gasteiger partial charge on any atom is 0.115 e. The summed E-state index contributed by atoms with van der Waals surface area (Å²) >= 11 is 3.57. The zero-order valence-electron chi connectivity index (χ0n) is 8.22. The number of thioether (sulfide) groups is 1. The van der Waals surface area contributed by atoms with Crippen LogP contribution in [0.3, 0.4) is 0 Å². The molecule has 0 radical (unpaired) electrons. The number of hydrogen-bond donors (Lipinski definition) is 1. The fourth-order valence-electron chi connectivity index (χ4n) is 1.26. The molecule has 3 heteroatoms. The van der Waals surface area contributed by atoms with Crippen molar-refractivity contribution in [2.45, 2.75) is 11.3 Å². The molecule has 0 aliphatic heterocycles. The molecule has 0 aliphatic rings. The van der Waals surface area contributed by atoms with E-state index in [1.54, 1.807) is 23.5 Å². The highest BCUT2D eigenvalue weighted by Crippen LogP contribution is 2.21. The van der Waals surface area contributed by atoms with E-state index in [0.29, 0.717) is 5.75 Å². The van der Waals surface area contributed by atoms with Crippen molar-refractivity contribution in [3.8, 4) is 5.75 Å². The summed E-state index contributed by atoms with van der Waals surface area (Å²) in [5.41, 5.74) is 1.41. The number of phenolic OH excluding ortho intramolecular Hbond substituents is 1. The molecule has 0 atom stereocenters. The highest BCUT2D eigenvalue weighted by atomic mass is 32.2. The van der Waals surface area contributed by atoms with Gasteiger partial charge in [0.25, 0.3) is 0 Å². The Labute approximate surface area is 97.8 Å². The molecule has 0 saturated heterocycles. The lowest BCUT2D eigenvalue weighted by molar-refractivity contribution is 0.475. The first kappa shape index (κ1) is 10.6. The van der Waals surface area contributed by atoms with E-state index >= 15 is 0 Å². The fourth-order valence-corrected chi connectivity index (χ4v) is 2.87. The van der Waals surface area contributed by atoms with Gasteiger partial charge in [0.05, 0.1) is 0 Å². The summed E-state index contributed by atoms with van der Waals surface area (Å²) < 4.78 is 0. The summed E-state index contributed by atoms with van der Waals surface area (Å²) in [6.07, 6.45) is 1.11. The van der Waals surface area contributed by atoms with Gasteiger partial charge in [-0.2, -0.15) is 11.3 Å². The van der Waals surface area contributed by atoms with Gasteiger partial charge in [-0.05, 0) is 53.1 Å². The van der Waals surface area contributed by atoms with Gasteiger partial charge in [-0.25, -0.2) is 0 Å². The highest BCUT2D eigenvalue weighted by molar-refractivity contribution is 7.99. The van der Waals surface area contributed by atoms with E-state index in [0.717, 1.165) is 12.2 Å². The predicted octanol–water partition coefficient (Wildman–Crippen LogP) is 3.79. The van der Waals surface area contributed by atoms with Gasteiger partial charge in [-0.15, -0.1) is 11.8 Å². The van der Waals surface area contributed by atoms with Crippen LogP contribution >= 0.6 is 23.1 Å². The van der Waals surface area contributed by atoms with Crippen LogP contribution in [0.2, 0.25) is 0 Å². The quantitative estimate of drug-likeness (QED) is 0.815. The van der Waals surface area contributed by atoms with Crippen molar-refractivity contribution in [1.29, 1.82) is 0 Å². The van der Waals surface area contributed by atoms with Gasteiger partial charge in [0.1, 0.15) is 5.75 Å². The molecule has 1 nitrogen and oxygen atoms in total. The van der Waals surface area contributed by atoms with Gasteiger partial charge >= 0.3 is 0 Å². The first-order valence-electron chi connectivity index (χ1n) is 4.77. The van der Waals surface area contributed by atoms with Crippen LogP contribution in [0.4, 0.5) is 0 Å². The third-order valence-corrected chi connectivity index (χ3v) is 3.82. The lowest BCUT2D eigenvalue weighted by Gasteiger charge is -2.00. The molecular weight excluding hydrogens is 224 g/mol. The standard InChI is InChI=1S/C12H12OS2/c13-11-1-3-12(4-2-11)15-8-6-10-5-7-14-9-10/h1-5,7,9,13H,6,8H2. The maximum atomic E-state index is 9.12.